The summed E-state index contributed by atoms with van der Waals surface area (Å²) in [4.78, 5) is 18.5. The molecule has 0 spiro atoms. The zero-order valence-corrected chi connectivity index (χ0v) is 12.1. The molecule has 2 unspecified atom stereocenters. The third kappa shape index (κ3) is 3.37. The van der Waals surface area contributed by atoms with Crippen molar-refractivity contribution in [3.05, 3.63) is 29.6 Å². The first-order valence-electron chi connectivity index (χ1n) is 7.05. The molecule has 1 aliphatic rings. The third-order valence-electron chi connectivity index (χ3n) is 3.94. The first-order chi connectivity index (χ1) is 9.61. The Morgan fingerprint density at radius 2 is 2.25 bits per heavy atom. The second kappa shape index (κ2) is 6.53. The van der Waals surface area contributed by atoms with Crippen molar-refractivity contribution in [2.24, 2.45) is 17.6 Å². The van der Waals surface area contributed by atoms with Gasteiger partial charge in [-0.2, -0.15) is 0 Å². The summed E-state index contributed by atoms with van der Waals surface area (Å²) in [5.41, 5.74) is 6.69. The van der Waals surface area contributed by atoms with Crippen LogP contribution in [-0.4, -0.2) is 35.4 Å². The van der Waals surface area contributed by atoms with Crippen molar-refractivity contribution in [3.63, 3.8) is 0 Å². The highest BCUT2D eigenvalue weighted by molar-refractivity contribution is 5.94. The molecule has 1 saturated heterocycles. The fraction of sp³-hybridized carbons (Fsp3) is 0.500. The van der Waals surface area contributed by atoms with Crippen molar-refractivity contribution in [3.8, 4) is 11.8 Å². The molecule has 1 aromatic rings. The Labute approximate surface area is 120 Å². The minimum atomic E-state index is 0.0487. The summed E-state index contributed by atoms with van der Waals surface area (Å²) in [6.07, 6.45) is 4.33. The van der Waals surface area contributed by atoms with E-state index in [1.807, 2.05) is 4.90 Å². The van der Waals surface area contributed by atoms with Crippen molar-refractivity contribution in [1.82, 2.24) is 9.88 Å². The van der Waals surface area contributed by atoms with Gasteiger partial charge in [0, 0.05) is 31.0 Å². The lowest BCUT2D eigenvalue weighted by molar-refractivity contribution is 0.0627. The van der Waals surface area contributed by atoms with Crippen molar-refractivity contribution >= 4 is 5.91 Å². The number of aromatic nitrogens is 1. The van der Waals surface area contributed by atoms with Gasteiger partial charge in [0.25, 0.3) is 5.91 Å². The molecule has 2 atom stereocenters. The van der Waals surface area contributed by atoms with Gasteiger partial charge in [-0.05, 0) is 24.3 Å². The van der Waals surface area contributed by atoms with Crippen LogP contribution in [0.3, 0.4) is 0 Å². The summed E-state index contributed by atoms with van der Waals surface area (Å²) in [7, 11) is 0. The zero-order valence-electron chi connectivity index (χ0n) is 12.1. The van der Waals surface area contributed by atoms with E-state index in [2.05, 4.69) is 30.7 Å². The highest BCUT2D eigenvalue weighted by Gasteiger charge is 2.26. The predicted octanol–water partition coefficient (Wildman–Crippen LogP) is 1.51. The molecular formula is C16H21N3O. The maximum Gasteiger partial charge on any atom is 0.255 e. The summed E-state index contributed by atoms with van der Waals surface area (Å²) >= 11 is 0. The Morgan fingerprint density at radius 1 is 1.45 bits per heavy atom. The topological polar surface area (TPSA) is 59.2 Å². The van der Waals surface area contributed by atoms with Gasteiger partial charge in [-0.3, -0.25) is 9.78 Å². The van der Waals surface area contributed by atoms with E-state index in [1.165, 1.54) is 0 Å². The van der Waals surface area contributed by atoms with E-state index in [4.69, 9.17) is 5.73 Å². The van der Waals surface area contributed by atoms with Crippen molar-refractivity contribution in [1.29, 1.82) is 0 Å². The molecule has 0 aromatic carbocycles. The average molecular weight is 271 g/mol. The van der Waals surface area contributed by atoms with E-state index < -0.39 is 0 Å². The molecule has 0 aliphatic carbocycles. The number of nitrogens with two attached hydrogens (primary N) is 1. The fourth-order valence-corrected chi connectivity index (χ4v) is 2.41. The second-order valence-corrected chi connectivity index (χ2v) is 5.46. The number of carbonyl (C=O) groups is 1. The second-order valence-electron chi connectivity index (χ2n) is 5.46. The van der Waals surface area contributed by atoms with Crippen LogP contribution in [0.2, 0.25) is 0 Å². The molecular weight excluding hydrogens is 250 g/mol. The number of pyridine rings is 1. The van der Waals surface area contributed by atoms with Gasteiger partial charge in [-0.15, -0.1) is 0 Å². The standard InChI is InChI=1S/C16H21N3O/c1-12-5-7-19(11-13(12)2)16(20)15-8-14(4-3-6-17)9-18-10-15/h8-10,12-13H,5-7,11,17H2,1-2H3. The maximum atomic E-state index is 12.5. The van der Waals surface area contributed by atoms with Gasteiger partial charge in [0.05, 0.1) is 12.1 Å². The lowest BCUT2D eigenvalue weighted by Crippen LogP contribution is -2.42. The maximum absolute atomic E-state index is 12.5. The molecule has 4 heteroatoms. The monoisotopic (exact) mass is 271 g/mol. The Bertz CT molecular complexity index is 544. The van der Waals surface area contributed by atoms with Crippen LogP contribution in [0.4, 0.5) is 0 Å². The lowest BCUT2D eigenvalue weighted by atomic mass is 9.88. The van der Waals surface area contributed by atoms with Crippen LogP contribution in [-0.2, 0) is 0 Å². The molecule has 1 amide bonds. The highest BCUT2D eigenvalue weighted by Crippen LogP contribution is 2.23. The summed E-state index contributed by atoms with van der Waals surface area (Å²) < 4.78 is 0. The molecule has 1 aliphatic heterocycles. The molecule has 0 bridgehead atoms. The molecule has 2 heterocycles. The van der Waals surface area contributed by atoms with Crippen LogP contribution in [0.15, 0.2) is 18.5 Å². The van der Waals surface area contributed by atoms with Crippen molar-refractivity contribution in [2.75, 3.05) is 19.6 Å². The minimum absolute atomic E-state index is 0.0487. The number of piperidine rings is 1. The summed E-state index contributed by atoms with van der Waals surface area (Å²) in [6.45, 7) is 6.39. The Kier molecular flexibility index (Phi) is 4.75. The van der Waals surface area contributed by atoms with Gasteiger partial charge in [-0.25, -0.2) is 0 Å². The number of carbonyl (C=O) groups excluding carboxylic acids is 1. The molecule has 1 aromatic heterocycles. The van der Waals surface area contributed by atoms with Crippen LogP contribution in [0.1, 0.15) is 36.2 Å². The Balaban J connectivity index is 2.13. The normalized spacial score (nSPS) is 22.1. The highest BCUT2D eigenvalue weighted by atomic mass is 16.2. The number of nitrogens with zero attached hydrogens (tertiary/aromatic N) is 2. The molecule has 2 N–H and O–H groups in total. The molecule has 0 radical (unpaired) electrons. The Hall–Kier alpha value is -1.86. The third-order valence-corrected chi connectivity index (χ3v) is 3.94. The van der Waals surface area contributed by atoms with Gasteiger partial charge >= 0.3 is 0 Å². The predicted molar refractivity (Wildman–Crippen MR) is 79.0 cm³/mol. The van der Waals surface area contributed by atoms with Crippen molar-refractivity contribution in [2.45, 2.75) is 20.3 Å². The first kappa shape index (κ1) is 14.5. The molecule has 2 rings (SSSR count). The van der Waals surface area contributed by atoms with Crippen LogP contribution < -0.4 is 5.73 Å². The SMILES string of the molecule is CC1CCN(C(=O)c2cncc(C#CCN)c2)CC1C. The van der Waals surface area contributed by atoms with Gasteiger partial charge in [-0.1, -0.05) is 25.7 Å². The van der Waals surface area contributed by atoms with Gasteiger partial charge < -0.3 is 10.6 Å². The lowest BCUT2D eigenvalue weighted by Gasteiger charge is -2.35. The molecule has 4 nitrogen and oxygen atoms in total. The van der Waals surface area contributed by atoms with E-state index in [9.17, 15) is 4.79 Å². The number of hydrogen-bond donors (Lipinski definition) is 1. The molecule has 0 saturated carbocycles. The number of amides is 1. The van der Waals surface area contributed by atoms with Gasteiger partial charge in [0.1, 0.15) is 0 Å². The Morgan fingerprint density at radius 3 is 2.95 bits per heavy atom. The van der Waals surface area contributed by atoms with Crippen molar-refractivity contribution < 1.29 is 4.79 Å². The van der Waals surface area contributed by atoms with Crippen LogP contribution in [0, 0.1) is 23.7 Å². The summed E-state index contributed by atoms with van der Waals surface area (Å²) in [5.74, 6) is 6.96. The van der Waals surface area contributed by atoms with E-state index >= 15 is 0 Å². The minimum Gasteiger partial charge on any atom is -0.338 e. The molecule has 1 fully saturated rings. The average Bonchev–Trinajstić information content (AvgIpc) is 2.47. The number of likely N-dealkylation sites (tertiary alicyclic amines) is 1. The van der Waals surface area contributed by atoms with Gasteiger partial charge in [0.2, 0.25) is 0 Å². The summed E-state index contributed by atoms with van der Waals surface area (Å²) in [6, 6.07) is 1.79. The smallest absolute Gasteiger partial charge is 0.255 e. The van der Waals surface area contributed by atoms with E-state index in [0.29, 0.717) is 23.9 Å². The van der Waals surface area contributed by atoms with Crippen LogP contribution in [0.25, 0.3) is 0 Å². The van der Waals surface area contributed by atoms with Gasteiger partial charge in [0.15, 0.2) is 0 Å². The van der Waals surface area contributed by atoms with E-state index in [-0.39, 0.29) is 5.91 Å². The molecule has 20 heavy (non-hydrogen) atoms. The zero-order chi connectivity index (χ0) is 14.5. The largest absolute Gasteiger partial charge is 0.338 e. The fourth-order valence-electron chi connectivity index (χ4n) is 2.41. The van der Waals surface area contributed by atoms with Crippen LogP contribution >= 0.6 is 0 Å². The number of rotatable bonds is 1. The van der Waals surface area contributed by atoms with E-state index in [0.717, 1.165) is 25.1 Å². The van der Waals surface area contributed by atoms with Crippen LogP contribution in [0.5, 0.6) is 0 Å². The van der Waals surface area contributed by atoms with E-state index in [1.54, 1.807) is 18.5 Å². The molecule has 106 valence electrons. The number of hydrogen-bond acceptors (Lipinski definition) is 3. The summed E-state index contributed by atoms with van der Waals surface area (Å²) in [5, 5.41) is 0. The first-order valence-corrected chi connectivity index (χ1v) is 7.05. The quantitative estimate of drug-likeness (QED) is 0.788.